The standard InChI is InChI=1S/C15H30N2/c1-9-10(2)12(4)14(11(9)3)15(6,7)17-13(5)16-8/h9-12,14H,1-8H3,(H,16,17). The van der Waals surface area contributed by atoms with Crippen LogP contribution in [0.3, 0.4) is 0 Å². The maximum atomic E-state index is 4.24. The molecule has 1 N–H and O–H groups in total. The van der Waals surface area contributed by atoms with Gasteiger partial charge in [-0.15, -0.1) is 0 Å². The first-order chi connectivity index (χ1) is 7.72. The normalized spacial score (nSPS) is 39.5. The Morgan fingerprint density at radius 2 is 1.35 bits per heavy atom. The Morgan fingerprint density at radius 1 is 0.941 bits per heavy atom. The van der Waals surface area contributed by atoms with Crippen LogP contribution in [-0.4, -0.2) is 18.4 Å². The molecule has 0 aliphatic heterocycles. The Hall–Kier alpha value is -0.530. The molecule has 0 aromatic carbocycles. The van der Waals surface area contributed by atoms with Gasteiger partial charge in [-0.3, -0.25) is 4.99 Å². The van der Waals surface area contributed by atoms with Crippen molar-refractivity contribution in [3.05, 3.63) is 0 Å². The molecule has 0 heterocycles. The van der Waals surface area contributed by atoms with Crippen molar-refractivity contribution in [2.45, 2.75) is 54.0 Å². The van der Waals surface area contributed by atoms with Gasteiger partial charge in [-0.25, -0.2) is 0 Å². The van der Waals surface area contributed by atoms with E-state index in [1.54, 1.807) is 0 Å². The summed E-state index contributed by atoms with van der Waals surface area (Å²) >= 11 is 0. The lowest BCUT2D eigenvalue weighted by atomic mass is 9.75. The second-order valence-electron chi connectivity index (χ2n) is 6.62. The molecular weight excluding hydrogens is 208 g/mol. The maximum absolute atomic E-state index is 4.24. The second-order valence-corrected chi connectivity index (χ2v) is 6.62. The Kier molecular flexibility index (Phi) is 4.27. The molecule has 2 nitrogen and oxygen atoms in total. The summed E-state index contributed by atoms with van der Waals surface area (Å²) in [4.78, 5) is 4.24. The van der Waals surface area contributed by atoms with Gasteiger partial charge >= 0.3 is 0 Å². The zero-order valence-electron chi connectivity index (χ0n) is 12.8. The van der Waals surface area contributed by atoms with Crippen molar-refractivity contribution in [2.75, 3.05) is 7.05 Å². The third-order valence-corrected chi connectivity index (χ3v) is 5.29. The van der Waals surface area contributed by atoms with E-state index in [-0.39, 0.29) is 5.54 Å². The first-order valence-corrected chi connectivity index (χ1v) is 6.94. The van der Waals surface area contributed by atoms with Gasteiger partial charge in [0.05, 0.1) is 5.84 Å². The SMILES string of the molecule is CN=C(C)NC(C)(C)C1C(C)C(C)C(C)C1C. The van der Waals surface area contributed by atoms with E-state index < -0.39 is 0 Å². The van der Waals surface area contributed by atoms with Crippen LogP contribution in [0, 0.1) is 29.6 Å². The topological polar surface area (TPSA) is 24.4 Å². The third-order valence-electron chi connectivity index (χ3n) is 5.29. The van der Waals surface area contributed by atoms with Gasteiger partial charge in [0.2, 0.25) is 0 Å². The largest absolute Gasteiger partial charge is 0.369 e. The van der Waals surface area contributed by atoms with E-state index in [0.29, 0.717) is 5.92 Å². The second kappa shape index (κ2) is 4.99. The third kappa shape index (κ3) is 2.66. The van der Waals surface area contributed by atoms with Crippen LogP contribution in [0.15, 0.2) is 4.99 Å². The van der Waals surface area contributed by atoms with Gasteiger partial charge in [0, 0.05) is 12.6 Å². The van der Waals surface area contributed by atoms with Gasteiger partial charge in [0.25, 0.3) is 0 Å². The zero-order chi connectivity index (χ0) is 13.4. The van der Waals surface area contributed by atoms with Gasteiger partial charge in [-0.2, -0.15) is 0 Å². The molecule has 0 aromatic rings. The minimum atomic E-state index is 0.126. The van der Waals surface area contributed by atoms with Crippen molar-refractivity contribution in [3.8, 4) is 0 Å². The number of hydrogen-bond donors (Lipinski definition) is 1. The first-order valence-electron chi connectivity index (χ1n) is 6.94. The van der Waals surface area contributed by atoms with E-state index in [2.05, 4.69) is 58.8 Å². The van der Waals surface area contributed by atoms with E-state index in [9.17, 15) is 0 Å². The van der Waals surface area contributed by atoms with Crippen molar-refractivity contribution in [2.24, 2.45) is 34.6 Å². The summed E-state index contributed by atoms with van der Waals surface area (Å²) in [6.07, 6.45) is 0. The van der Waals surface area contributed by atoms with Crippen molar-refractivity contribution in [3.63, 3.8) is 0 Å². The zero-order valence-corrected chi connectivity index (χ0v) is 12.8. The summed E-state index contributed by atoms with van der Waals surface area (Å²) in [5, 5.41) is 3.60. The van der Waals surface area contributed by atoms with Gasteiger partial charge in [0.15, 0.2) is 0 Å². The van der Waals surface area contributed by atoms with Crippen molar-refractivity contribution >= 4 is 5.84 Å². The molecule has 4 atom stereocenters. The monoisotopic (exact) mass is 238 g/mol. The van der Waals surface area contributed by atoms with Crippen LogP contribution in [0.4, 0.5) is 0 Å². The number of amidine groups is 1. The number of nitrogens with one attached hydrogen (secondary N) is 1. The molecule has 1 saturated carbocycles. The highest BCUT2D eigenvalue weighted by molar-refractivity contribution is 5.80. The predicted molar refractivity (Wildman–Crippen MR) is 76.4 cm³/mol. The molecule has 1 aliphatic carbocycles. The van der Waals surface area contributed by atoms with Gasteiger partial charge < -0.3 is 5.32 Å². The molecule has 0 bridgehead atoms. The van der Waals surface area contributed by atoms with Crippen LogP contribution in [0.25, 0.3) is 0 Å². The van der Waals surface area contributed by atoms with E-state index in [1.807, 2.05) is 7.05 Å². The lowest BCUT2D eigenvalue weighted by Gasteiger charge is -2.39. The maximum Gasteiger partial charge on any atom is 0.0932 e. The fourth-order valence-corrected chi connectivity index (χ4v) is 4.01. The molecule has 4 unspecified atom stereocenters. The van der Waals surface area contributed by atoms with E-state index >= 15 is 0 Å². The number of aliphatic imine (C=N–C) groups is 1. The Balaban J connectivity index is 2.91. The van der Waals surface area contributed by atoms with Crippen LogP contribution < -0.4 is 5.32 Å². The van der Waals surface area contributed by atoms with Crippen molar-refractivity contribution in [1.29, 1.82) is 0 Å². The molecule has 0 amide bonds. The van der Waals surface area contributed by atoms with Gasteiger partial charge in [-0.1, -0.05) is 27.7 Å². The van der Waals surface area contributed by atoms with E-state index in [1.165, 1.54) is 0 Å². The number of hydrogen-bond acceptors (Lipinski definition) is 1. The minimum Gasteiger partial charge on any atom is -0.369 e. The summed E-state index contributed by atoms with van der Waals surface area (Å²) < 4.78 is 0. The van der Waals surface area contributed by atoms with Crippen LogP contribution in [0.2, 0.25) is 0 Å². The molecule has 1 rings (SSSR count). The Morgan fingerprint density at radius 3 is 1.71 bits per heavy atom. The number of rotatable bonds is 2. The minimum absolute atomic E-state index is 0.126. The van der Waals surface area contributed by atoms with Crippen LogP contribution in [0.5, 0.6) is 0 Å². The molecule has 17 heavy (non-hydrogen) atoms. The van der Waals surface area contributed by atoms with Crippen molar-refractivity contribution < 1.29 is 0 Å². The van der Waals surface area contributed by atoms with Gasteiger partial charge in [-0.05, 0) is 50.4 Å². The molecule has 2 heteroatoms. The highest BCUT2D eigenvalue weighted by Gasteiger charge is 2.48. The average molecular weight is 238 g/mol. The first kappa shape index (κ1) is 14.5. The number of nitrogens with zero attached hydrogens (tertiary/aromatic N) is 1. The molecule has 0 radical (unpaired) electrons. The fourth-order valence-electron chi connectivity index (χ4n) is 4.01. The smallest absolute Gasteiger partial charge is 0.0932 e. The quantitative estimate of drug-likeness (QED) is 0.577. The summed E-state index contributed by atoms with van der Waals surface area (Å²) in [7, 11) is 1.85. The van der Waals surface area contributed by atoms with E-state index in [4.69, 9.17) is 0 Å². The fraction of sp³-hybridized carbons (Fsp3) is 0.933. The highest BCUT2D eigenvalue weighted by Crippen LogP contribution is 2.49. The molecule has 0 saturated heterocycles. The Bertz CT molecular complexity index is 279. The summed E-state index contributed by atoms with van der Waals surface area (Å²) in [6, 6.07) is 0. The molecule has 1 fully saturated rings. The molecule has 0 spiro atoms. The molecular formula is C15H30N2. The average Bonchev–Trinajstić information content (AvgIpc) is 2.42. The van der Waals surface area contributed by atoms with Crippen molar-refractivity contribution in [1.82, 2.24) is 5.32 Å². The highest BCUT2D eigenvalue weighted by atomic mass is 15.0. The van der Waals surface area contributed by atoms with E-state index in [0.717, 1.165) is 29.5 Å². The molecule has 100 valence electrons. The summed E-state index contributed by atoms with van der Waals surface area (Å²) in [6.45, 7) is 16.3. The van der Waals surface area contributed by atoms with Crippen LogP contribution >= 0.6 is 0 Å². The summed E-state index contributed by atoms with van der Waals surface area (Å²) in [5.74, 6) is 4.93. The van der Waals surface area contributed by atoms with Crippen LogP contribution in [0.1, 0.15) is 48.5 Å². The predicted octanol–water partition coefficient (Wildman–Crippen LogP) is 3.58. The lowest BCUT2D eigenvalue weighted by molar-refractivity contribution is 0.181. The van der Waals surface area contributed by atoms with Crippen LogP contribution in [-0.2, 0) is 0 Å². The molecule has 1 aliphatic rings. The summed E-state index contributed by atoms with van der Waals surface area (Å²) in [5.41, 5.74) is 0.126. The van der Waals surface area contributed by atoms with Gasteiger partial charge in [0.1, 0.15) is 0 Å². The lowest BCUT2D eigenvalue weighted by Crippen LogP contribution is -2.51. The Labute approximate surface area is 107 Å². The molecule has 0 aromatic heterocycles.